The number of amides is 2. The van der Waals surface area contributed by atoms with Crippen LogP contribution >= 0.6 is 0 Å². The molecule has 2 amide bonds. The van der Waals surface area contributed by atoms with E-state index in [2.05, 4.69) is 11.9 Å². The van der Waals surface area contributed by atoms with Gasteiger partial charge >= 0.3 is 6.03 Å². The quantitative estimate of drug-likeness (QED) is 0.822. The van der Waals surface area contributed by atoms with Crippen LogP contribution < -0.4 is 10.2 Å². The average Bonchev–Trinajstić information content (AvgIpc) is 2.62. The molecule has 0 radical (unpaired) electrons. The van der Waals surface area contributed by atoms with Crippen LogP contribution in [0.25, 0.3) is 5.57 Å². The van der Waals surface area contributed by atoms with Gasteiger partial charge in [0, 0.05) is 12.1 Å². The third-order valence-electron chi connectivity index (χ3n) is 5.01. The molecule has 3 rings (SSSR count). The maximum absolute atomic E-state index is 13.6. The van der Waals surface area contributed by atoms with Crippen molar-refractivity contribution < 1.29 is 14.3 Å². The zero-order valence-corrected chi connectivity index (χ0v) is 15.9. The summed E-state index contributed by atoms with van der Waals surface area (Å²) in [5, 5.41) is 13.2. The third-order valence-corrected chi connectivity index (χ3v) is 5.01. The van der Waals surface area contributed by atoms with Crippen LogP contribution in [0.2, 0.25) is 0 Å². The van der Waals surface area contributed by atoms with Crippen LogP contribution in [0.3, 0.4) is 0 Å². The molecule has 2 aromatic carbocycles. The van der Waals surface area contributed by atoms with E-state index in [0.717, 1.165) is 16.7 Å². The summed E-state index contributed by atoms with van der Waals surface area (Å²) in [6, 6.07) is 11.8. The third kappa shape index (κ3) is 3.88. The number of allylic oxidation sites excluding steroid dienone is 1. The molecule has 0 bridgehead atoms. The van der Waals surface area contributed by atoms with Gasteiger partial charge in [-0.2, -0.15) is 0 Å². The Bertz CT molecular complexity index is 892. The highest BCUT2D eigenvalue weighted by atomic mass is 19.1. The molecule has 27 heavy (non-hydrogen) atoms. The lowest BCUT2D eigenvalue weighted by atomic mass is 9.91. The fourth-order valence-corrected chi connectivity index (χ4v) is 3.36. The van der Waals surface area contributed by atoms with E-state index < -0.39 is 17.5 Å². The van der Waals surface area contributed by atoms with Crippen molar-refractivity contribution in [2.45, 2.75) is 38.8 Å². The number of aliphatic hydroxyl groups is 1. The highest BCUT2D eigenvalue weighted by Crippen LogP contribution is 2.35. The number of carbonyl (C=O) groups excluding carboxylic acids is 1. The highest BCUT2D eigenvalue weighted by molar-refractivity contribution is 5.94. The first-order valence-corrected chi connectivity index (χ1v) is 9.02. The zero-order valence-electron chi connectivity index (χ0n) is 15.9. The number of urea groups is 1. The molecule has 1 unspecified atom stereocenters. The molecule has 0 spiro atoms. The Labute approximate surface area is 159 Å². The second-order valence-corrected chi connectivity index (χ2v) is 7.58. The Balaban J connectivity index is 1.86. The van der Waals surface area contributed by atoms with Crippen molar-refractivity contribution in [1.29, 1.82) is 0 Å². The molecular weight excluding hydrogens is 343 g/mol. The molecule has 4 nitrogen and oxygen atoms in total. The van der Waals surface area contributed by atoms with Crippen LogP contribution in [0, 0.1) is 5.82 Å². The molecule has 1 heterocycles. The summed E-state index contributed by atoms with van der Waals surface area (Å²) in [7, 11) is 0. The molecule has 1 aliphatic rings. The zero-order chi connectivity index (χ0) is 19.8. The molecule has 1 atom stereocenters. The van der Waals surface area contributed by atoms with Crippen molar-refractivity contribution in [2.75, 3.05) is 11.4 Å². The van der Waals surface area contributed by atoms with E-state index in [1.165, 1.54) is 12.1 Å². The lowest BCUT2D eigenvalue weighted by molar-refractivity contribution is 0.163. The predicted octanol–water partition coefficient (Wildman–Crippen LogP) is 4.75. The molecular formula is C22H25FN2O2. The summed E-state index contributed by atoms with van der Waals surface area (Å²) in [5.41, 5.74) is 3.32. The highest BCUT2D eigenvalue weighted by Gasteiger charge is 2.31. The van der Waals surface area contributed by atoms with Gasteiger partial charge < -0.3 is 10.4 Å². The Hall–Kier alpha value is -2.66. The van der Waals surface area contributed by atoms with Gasteiger partial charge in [0.15, 0.2) is 0 Å². The Morgan fingerprint density at radius 2 is 2.04 bits per heavy atom. The van der Waals surface area contributed by atoms with Gasteiger partial charge in [0.05, 0.1) is 17.3 Å². The van der Waals surface area contributed by atoms with Crippen molar-refractivity contribution >= 4 is 17.3 Å². The van der Waals surface area contributed by atoms with E-state index in [1.54, 1.807) is 11.0 Å². The molecule has 2 aromatic rings. The normalized spacial score (nSPS) is 16.6. The number of nitrogens with one attached hydrogen (secondary N) is 1. The SMILES string of the molecule is C=C(C)c1cccc(C(C)(C)NC(=O)N2CCC(O)c3cc(F)ccc32)c1. The van der Waals surface area contributed by atoms with Gasteiger partial charge in [-0.15, -0.1) is 0 Å². The van der Waals surface area contributed by atoms with Gasteiger partial charge in [-0.05, 0) is 62.6 Å². The van der Waals surface area contributed by atoms with Crippen LogP contribution in [-0.2, 0) is 5.54 Å². The number of benzene rings is 2. The molecule has 0 aliphatic carbocycles. The topological polar surface area (TPSA) is 52.6 Å². The first-order valence-electron chi connectivity index (χ1n) is 9.02. The Morgan fingerprint density at radius 1 is 1.30 bits per heavy atom. The second-order valence-electron chi connectivity index (χ2n) is 7.58. The van der Waals surface area contributed by atoms with Crippen LogP contribution in [-0.4, -0.2) is 17.7 Å². The molecule has 2 N–H and O–H groups in total. The predicted molar refractivity (Wildman–Crippen MR) is 106 cm³/mol. The second kappa shape index (κ2) is 7.16. The fourth-order valence-electron chi connectivity index (χ4n) is 3.36. The van der Waals surface area contributed by atoms with Gasteiger partial charge in [-0.3, -0.25) is 4.90 Å². The summed E-state index contributed by atoms with van der Waals surface area (Å²) >= 11 is 0. The summed E-state index contributed by atoms with van der Waals surface area (Å²) < 4.78 is 13.6. The fraction of sp³-hybridized carbons (Fsp3) is 0.318. The van der Waals surface area contributed by atoms with E-state index in [4.69, 9.17) is 0 Å². The maximum Gasteiger partial charge on any atom is 0.322 e. The smallest absolute Gasteiger partial charge is 0.322 e. The lowest BCUT2D eigenvalue weighted by Crippen LogP contribution is -2.50. The van der Waals surface area contributed by atoms with E-state index in [1.807, 2.05) is 45.0 Å². The van der Waals surface area contributed by atoms with Crippen molar-refractivity contribution in [3.05, 3.63) is 71.6 Å². The molecule has 5 heteroatoms. The minimum absolute atomic E-state index is 0.277. The number of aliphatic hydroxyl groups excluding tert-OH is 1. The van der Waals surface area contributed by atoms with Crippen LogP contribution in [0.5, 0.6) is 0 Å². The molecule has 0 saturated carbocycles. The van der Waals surface area contributed by atoms with Crippen molar-refractivity contribution in [3.63, 3.8) is 0 Å². The number of carbonyl (C=O) groups is 1. The van der Waals surface area contributed by atoms with Crippen molar-refractivity contribution in [3.8, 4) is 0 Å². The average molecular weight is 368 g/mol. The van der Waals surface area contributed by atoms with Gasteiger partial charge in [0.25, 0.3) is 0 Å². The molecule has 0 saturated heterocycles. The van der Waals surface area contributed by atoms with Crippen LogP contribution in [0.1, 0.15) is 50.0 Å². The molecule has 0 aromatic heterocycles. The lowest BCUT2D eigenvalue weighted by Gasteiger charge is -2.36. The van der Waals surface area contributed by atoms with E-state index in [9.17, 15) is 14.3 Å². The monoisotopic (exact) mass is 368 g/mol. The summed E-state index contributed by atoms with van der Waals surface area (Å²) in [6.07, 6.45) is -0.393. The van der Waals surface area contributed by atoms with Gasteiger partial charge in [-0.25, -0.2) is 9.18 Å². The molecule has 1 aliphatic heterocycles. The number of rotatable bonds is 3. The minimum Gasteiger partial charge on any atom is -0.388 e. The van der Waals surface area contributed by atoms with E-state index >= 15 is 0 Å². The summed E-state index contributed by atoms with van der Waals surface area (Å²) in [4.78, 5) is 14.5. The van der Waals surface area contributed by atoms with Crippen LogP contribution in [0.15, 0.2) is 49.0 Å². The van der Waals surface area contributed by atoms with E-state index in [0.29, 0.717) is 24.2 Å². The van der Waals surface area contributed by atoms with Crippen molar-refractivity contribution in [2.24, 2.45) is 0 Å². The number of fused-ring (bicyclic) bond motifs is 1. The molecule has 0 fully saturated rings. The van der Waals surface area contributed by atoms with Gasteiger partial charge in [-0.1, -0.05) is 30.4 Å². The summed E-state index contributed by atoms with van der Waals surface area (Å²) in [5.74, 6) is -0.424. The minimum atomic E-state index is -0.764. The number of hydrogen-bond acceptors (Lipinski definition) is 2. The Morgan fingerprint density at radius 3 is 2.74 bits per heavy atom. The number of nitrogens with zero attached hydrogens (tertiary/aromatic N) is 1. The standard InChI is InChI=1S/C22H25FN2O2/c1-14(2)15-6-5-7-16(12-15)22(3,4)24-21(27)25-11-10-20(26)18-13-17(23)8-9-19(18)25/h5-9,12-13,20,26H,1,10-11H2,2-4H3,(H,24,27). The Kier molecular flexibility index (Phi) is 5.07. The first-order chi connectivity index (χ1) is 12.7. The van der Waals surface area contributed by atoms with E-state index in [-0.39, 0.29) is 6.03 Å². The number of hydrogen-bond donors (Lipinski definition) is 2. The number of anilines is 1. The number of halogens is 1. The largest absolute Gasteiger partial charge is 0.388 e. The molecule has 142 valence electrons. The first kappa shape index (κ1) is 19.1. The maximum atomic E-state index is 13.6. The van der Waals surface area contributed by atoms with Gasteiger partial charge in [0.2, 0.25) is 0 Å². The summed E-state index contributed by atoms with van der Waals surface area (Å²) in [6.45, 7) is 10.2. The van der Waals surface area contributed by atoms with Crippen LogP contribution in [0.4, 0.5) is 14.9 Å². The van der Waals surface area contributed by atoms with Crippen molar-refractivity contribution in [1.82, 2.24) is 5.32 Å². The van der Waals surface area contributed by atoms with Gasteiger partial charge in [0.1, 0.15) is 5.82 Å².